The summed E-state index contributed by atoms with van der Waals surface area (Å²) in [7, 11) is -2.10. The van der Waals surface area contributed by atoms with Crippen LogP contribution in [-0.2, 0) is 13.6 Å². The average Bonchev–Trinajstić information content (AvgIpc) is 2.89. The number of hydrogen-bond donors (Lipinski definition) is 0. The van der Waals surface area contributed by atoms with Gasteiger partial charge in [-0.15, -0.1) is 9.05 Å². The van der Waals surface area contributed by atoms with E-state index in [2.05, 4.69) is 41.5 Å². The van der Waals surface area contributed by atoms with E-state index < -0.39 is 8.25 Å². The van der Waals surface area contributed by atoms with Crippen molar-refractivity contribution in [1.29, 1.82) is 0 Å². The molecule has 0 unspecified atom stereocenters. The lowest BCUT2D eigenvalue weighted by molar-refractivity contribution is -0.00657. The van der Waals surface area contributed by atoms with E-state index in [1.807, 2.05) is 0 Å². The zero-order valence-corrected chi connectivity index (χ0v) is 26.5. The van der Waals surface area contributed by atoms with Crippen molar-refractivity contribution in [2.24, 2.45) is 0 Å². The SMILES string of the molecule is CCCCCCCCCCCC(CC)(CC)O[P+](=O)OC(CC)(CC)CCCCCCCCCCC. The van der Waals surface area contributed by atoms with Gasteiger partial charge in [-0.05, 0) is 38.5 Å². The largest absolute Gasteiger partial charge is 0.698 e. The second-order valence-corrected chi connectivity index (χ2v) is 12.2. The predicted octanol–water partition coefficient (Wildman–Crippen LogP) is 12.6. The molecule has 0 aromatic heterocycles. The van der Waals surface area contributed by atoms with E-state index in [0.717, 1.165) is 51.4 Å². The zero-order valence-electron chi connectivity index (χ0n) is 25.6. The topological polar surface area (TPSA) is 35.5 Å². The summed E-state index contributed by atoms with van der Waals surface area (Å²) in [4.78, 5) is 0. The average molecular weight is 530 g/mol. The Morgan fingerprint density at radius 2 is 0.667 bits per heavy atom. The molecule has 0 saturated heterocycles. The molecule has 0 aromatic carbocycles. The van der Waals surface area contributed by atoms with Gasteiger partial charge in [0.15, 0.2) is 0 Å². The summed E-state index contributed by atoms with van der Waals surface area (Å²) in [6.07, 6.45) is 29.4. The van der Waals surface area contributed by atoms with Gasteiger partial charge in [-0.1, -0.05) is 157 Å². The second-order valence-electron chi connectivity index (χ2n) is 11.3. The normalized spacial score (nSPS) is 12.4. The minimum atomic E-state index is -2.10. The highest BCUT2D eigenvalue weighted by atomic mass is 31.1. The molecule has 0 aliphatic rings. The van der Waals surface area contributed by atoms with Crippen LogP contribution in [0, 0.1) is 0 Å². The van der Waals surface area contributed by atoms with Crippen LogP contribution in [-0.4, -0.2) is 11.2 Å². The van der Waals surface area contributed by atoms with Crippen LogP contribution in [0.2, 0.25) is 0 Å². The van der Waals surface area contributed by atoms with E-state index in [1.54, 1.807) is 0 Å². The minimum absolute atomic E-state index is 0.306. The Labute approximate surface area is 228 Å². The summed E-state index contributed by atoms with van der Waals surface area (Å²) in [5.74, 6) is 0. The quantitative estimate of drug-likeness (QED) is 0.0746. The smallest absolute Gasteiger partial charge is 0.112 e. The second kappa shape index (κ2) is 24.1. The van der Waals surface area contributed by atoms with Crippen LogP contribution in [0.3, 0.4) is 0 Å². The van der Waals surface area contributed by atoms with Gasteiger partial charge >= 0.3 is 8.25 Å². The Hall–Kier alpha value is 0.0200. The van der Waals surface area contributed by atoms with Crippen molar-refractivity contribution in [2.75, 3.05) is 0 Å². The highest BCUT2D eigenvalue weighted by Crippen LogP contribution is 2.44. The summed E-state index contributed by atoms with van der Waals surface area (Å²) in [5, 5.41) is 0. The van der Waals surface area contributed by atoms with Crippen LogP contribution < -0.4 is 0 Å². The van der Waals surface area contributed by atoms with Crippen LogP contribution >= 0.6 is 8.25 Å². The maximum Gasteiger partial charge on any atom is 0.698 e. The van der Waals surface area contributed by atoms with Gasteiger partial charge < -0.3 is 0 Å². The van der Waals surface area contributed by atoms with Crippen molar-refractivity contribution in [3.63, 3.8) is 0 Å². The van der Waals surface area contributed by atoms with Crippen LogP contribution in [0.1, 0.15) is 196 Å². The summed E-state index contributed by atoms with van der Waals surface area (Å²) in [5.41, 5.74) is -0.612. The molecular formula is C32H66O3P+. The number of hydrogen-bond acceptors (Lipinski definition) is 3. The molecule has 4 heteroatoms. The first-order chi connectivity index (χ1) is 17.5. The fraction of sp³-hybridized carbons (Fsp3) is 1.00. The monoisotopic (exact) mass is 529 g/mol. The first-order valence-corrected chi connectivity index (χ1v) is 17.4. The number of rotatable bonds is 28. The van der Waals surface area contributed by atoms with Gasteiger partial charge in [-0.3, -0.25) is 0 Å². The van der Waals surface area contributed by atoms with Crippen molar-refractivity contribution in [2.45, 2.75) is 207 Å². The van der Waals surface area contributed by atoms with Crippen LogP contribution in [0.15, 0.2) is 0 Å². The molecule has 0 spiro atoms. The third kappa shape index (κ3) is 17.5. The Balaban J connectivity index is 4.42. The minimum Gasteiger partial charge on any atom is -0.112 e. The van der Waals surface area contributed by atoms with Gasteiger partial charge in [0.25, 0.3) is 0 Å². The van der Waals surface area contributed by atoms with E-state index in [0.29, 0.717) is 0 Å². The van der Waals surface area contributed by atoms with Crippen molar-refractivity contribution in [1.82, 2.24) is 0 Å². The molecule has 0 atom stereocenters. The van der Waals surface area contributed by atoms with Gasteiger partial charge in [0.05, 0.1) is 0 Å². The molecule has 0 amide bonds. The summed E-state index contributed by atoms with van der Waals surface area (Å²) in [6, 6.07) is 0. The molecule has 0 aliphatic heterocycles. The van der Waals surface area contributed by atoms with E-state index in [9.17, 15) is 4.57 Å². The molecule has 0 bridgehead atoms. The van der Waals surface area contributed by atoms with Crippen molar-refractivity contribution in [3.8, 4) is 0 Å². The standard InChI is InChI=1S/C32H66O3P/c1-7-13-15-17-19-21-23-25-27-29-31(9-3,10-4)34-36(33)35-32(11-5,12-6)30-28-26-24-22-20-18-16-14-8-2/h7-30H2,1-6H3/q+1. The summed E-state index contributed by atoms with van der Waals surface area (Å²) >= 11 is 0. The predicted molar refractivity (Wildman–Crippen MR) is 160 cm³/mol. The molecule has 0 saturated carbocycles. The third-order valence-electron chi connectivity index (χ3n) is 8.59. The van der Waals surface area contributed by atoms with Crippen molar-refractivity contribution in [3.05, 3.63) is 0 Å². The van der Waals surface area contributed by atoms with Gasteiger partial charge in [0.1, 0.15) is 11.2 Å². The lowest BCUT2D eigenvalue weighted by Crippen LogP contribution is -2.32. The Bertz CT molecular complexity index is 444. The Morgan fingerprint density at radius 3 is 0.917 bits per heavy atom. The molecule has 216 valence electrons. The molecule has 0 N–H and O–H groups in total. The Kier molecular flexibility index (Phi) is 24.1. The van der Waals surface area contributed by atoms with Crippen LogP contribution in [0.5, 0.6) is 0 Å². The van der Waals surface area contributed by atoms with Crippen molar-refractivity contribution >= 4 is 8.25 Å². The first kappa shape index (κ1) is 36.0. The molecular weight excluding hydrogens is 463 g/mol. The number of unbranched alkanes of at least 4 members (excludes halogenated alkanes) is 16. The van der Waals surface area contributed by atoms with E-state index in [-0.39, 0.29) is 11.2 Å². The van der Waals surface area contributed by atoms with Gasteiger partial charge in [0.2, 0.25) is 0 Å². The molecule has 0 aliphatic carbocycles. The van der Waals surface area contributed by atoms with Crippen LogP contribution in [0.25, 0.3) is 0 Å². The molecule has 0 heterocycles. The maximum absolute atomic E-state index is 13.1. The molecule has 0 aromatic rings. The molecule has 0 fully saturated rings. The first-order valence-electron chi connectivity index (χ1n) is 16.3. The van der Waals surface area contributed by atoms with E-state index in [4.69, 9.17) is 9.05 Å². The fourth-order valence-electron chi connectivity index (χ4n) is 5.41. The lowest BCUT2D eigenvalue weighted by Gasteiger charge is -2.28. The van der Waals surface area contributed by atoms with Gasteiger partial charge in [-0.25, -0.2) is 0 Å². The highest BCUT2D eigenvalue weighted by molar-refractivity contribution is 7.33. The highest BCUT2D eigenvalue weighted by Gasteiger charge is 2.44. The third-order valence-corrected chi connectivity index (χ3v) is 9.66. The van der Waals surface area contributed by atoms with Gasteiger partial charge in [-0.2, -0.15) is 0 Å². The van der Waals surface area contributed by atoms with Crippen LogP contribution in [0.4, 0.5) is 0 Å². The van der Waals surface area contributed by atoms with Crippen molar-refractivity contribution < 1.29 is 13.6 Å². The molecule has 0 rings (SSSR count). The van der Waals surface area contributed by atoms with Gasteiger partial charge in [0, 0.05) is 4.57 Å². The molecule has 3 nitrogen and oxygen atoms in total. The summed E-state index contributed by atoms with van der Waals surface area (Å²) in [6.45, 7) is 13.3. The van der Waals surface area contributed by atoms with E-state index in [1.165, 1.54) is 103 Å². The lowest BCUT2D eigenvalue weighted by atomic mass is 9.90. The Morgan fingerprint density at radius 1 is 0.417 bits per heavy atom. The van der Waals surface area contributed by atoms with E-state index >= 15 is 0 Å². The maximum atomic E-state index is 13.1. The zero-order chi connectivity index (χ0) is 27.0. The molecule has 0 radical (unpaired) electrons. The fourth-order valence-corrected chi connectivity index (χ4v) is 6.78. The summed E-state index contributed by atoms with van der Waals surface area (Å²) < 4.78 is 25.6. The molecule has 36 heavy (non-hydrogen) atoms.